The molecule has 1 aromatic carbocycles. The van der Waals surface area contributed by atoms with Gasteiger partial charge in [0.05, 0.1) is 42.6 Å². The molecule has 0 bridgehead atoms. The van der Waals surface area contributed by atoms with Crippen LogP contribution in [0.15, 0.2) is 85.6 Å². The first-order valence-electron chi connectivity index (χ1n) is 13.4. The lowest BCUT2D eigenvalue weighted by molar-refractivity contribution is -0.199. The number of H-pyrrole nitrogens is 1. The first-order valence-corrected chi connectivity index (χ1v) is 13.4. The fraction of sp³-hybridized carbons (Fsp3) is 0.200. The monoisotopic (exact) mass is 566 g/mol. The van der Waals surface area contributed by atoms with Crippen LogP contribution in [-0.2, 0) is 27.2 Å². The second-order valence-electron chi connectivity index (χ2n) is 9.61. The van der Waals surface area contributed by atoms with Crippen molar-refractivity contribution in [1.82, 2.24) is 29.9 Å². The third kappa shape index (κ3) is 6.62. The standard InChI is InChI=1S/C30H27FN8O3/c31-22-3-1-20(2-4-22)27-28(24-9-14-34-30(37-24)35-16-19-5-10-32-11-6-19)39-25(38-27)15-26-41-17-21(18-42-26)29(40)36-23-7-12-33-13-8-23/h1-14,21,26H,15-18H2,(H,38,39)(H,33,36,40)(H,34,35,37). The highest BCUT2D eigenvalue weighted by Gasteiger charge is 2.29. The van der Waals surface area contributed by atoms with Gasteiger partial charge in [-0.3, -0.25) is 14.8 Å². The normalized spacial score (nSPS) is 16.6. The number of hydrogen-bond donors (Lipinski definition) is 3. The summed E-state index contributed by atoms with van der Waals surface area (Å²) in [6.45, 7) is 0.944. The van der Waals surface area contributed by atoms with Gasteiger partial charge in [0.1, 0.15) is 11.6 Å². The Kier molecular flexibility index (Phi) is 8.15. The number of aromatic amines is 1. The average Bonchev–Trinajstić information content (AvgIpc) is 3.45. The summed E-state index contributed by atoms with van der Waals surface area (Å²) in [4.78, 5) is 37.8. The van der Waals surface area contributed by atoms with Crippen LogP contribution < -0.4 is 10.6 Å². The number of halogens is 1. The van der Waals surface area contributed by atoms with Gasteiger partial charge in [0.15, 0.2) is 6.29 Å². The zero-order chi connectivity index (χ0) is 28.7. The van der Waals surface area contributed by atoms with E-state index in [1.807, 2.05) is 12.1 Å². The minimum absolute atomic E-state index is 0.185. The smallest absolute Gasteiger partial charge is 0.232 e. The van der Waals surface area contributed by atoms with Crippen LogP contribution in [0, 0.1) is 11.7 Å². The Balaban J connectivity index is 1.17. The van der Waals surface area contributed by atoms with E-state index in [0.29, 0.717) is 47.5 Å². The largest absolute Gasteiger partial charge is 0.351 e. The molecule has 0 unspecified atom stereocenters. The van der Waals surface area contributed by atoms with Gasteiger partial charge in [-0.05, 0) is 60.2 Å². The maximum absolute atomic E-state index is 13.7. The highest BCUT2D eigenvalue weighted by atomic mass is 19.1. The molecule has 11 nitrogen and oxygen atoms in total. The van der Waals surface area contributed by atoms with Gasteiger partial charge in [-0.2, -0.15) is 0 Å². The van der Waals surface area contributed by atoms with Gasteiger partial charge in [0.2, 0.25) is 11.9 Å². The fourth-order valence-corrected chi connectivity index (χ4v) is 4.44. The van der Waals surface area contributed by atoms with Crippen molar-refractivity contribution in [2.24, 2.45) is 5.92 Å². The molecule has 0 radical (unpaired) electrons. The van der Waals surface area contributed by atoms with Gasteiger partial charge in [-0.25, -0.2) is 19.3 Å². The molecule has 6 rings (SSSR count). The van der Waals surface area contributed by atoms with Crippen molar-refractivity contribution in [2.45, 2.75) is 19.3 Å². The Morgan fingerprint density at radius 1 is 0.905 bits per heavy atom. The average molecular weight is 567 g/mol. The third-order valence-electron chi connectivity index (χ3n) is 6.63. The molecule has 3 N–H and O–H groups in total. The van der Waals surface area contributed by atoms with Crippen LogP contribution in [0.25, 0.3) is 22.6 Å². The van der Waals surface area contributed by atoms with Crippen molar-refractivity contribution in [1.29, 1.82) is 0 Å². The lowest BCUT2D eigenvalue weighted by Gasteiger charge is -2.28. The van der Waals surface area contributed by atoms with E-state index in [2.05, 4.69) is 30.6 Å². The summed E-state index contributed by atoms with van der Waals surface area (Å²) in [5.41, 5.74) is 4.29. The van der Waals surface area contributed by atoms with E-state index in [-0.39, 0.29) is 24.9 Å². The van der Waals surface area contributed by atoms with Gasteiger partial charge >= 0.3 is 0 Å². The van der Waals surface area contributed by atoms with Gasteiger partial charge in [0, 0.05) is 48.8 Å². The number of hydrogen-bond acceptors (Lipinski definition) is 9. The molecule has 5 heterocycles. The number of rotatable bonds is 9. The van der Waals surface area contributed by atoms with E-state index in [9.17, 15) is 9.18 Å². The molecule has 1 aliphatic rings. The molecule has 4 aromatic heterocycles. The van der Waals surface area contributed by atoms with E-state index in [4.69, 9.17) is 19.4 Å². The van der Waals surface area contributed by atoms with Crippen LogP contribution in [0.3, 0.4) is 0 Å². The highest BCUT2D eigenvalue weighted by Crippen LogP contribution is 2.30. The molecule has 0 spiro atoms. The van der Waals surface area contributed by atoms with Crippen molar-refractivity contribution in [3.63, 3.8) is 0 Å². The van der Waals surface area contributed by atoms with Crippen LogP contribution in [0.1, 0.15) is 11.4 Å². The first kappa shape index (κ1) is 27.1. The number of pyridine rings is 2. The van der Waals surface area contributed by atoms with E-state index in [1.54, 1.807) is 61.3 Å². The van der Waals surface area contributed by atoms with Gasteiger partial charge < -0.3 is 25.1 Å². The van der Waals surface area contributed by atoms with Gasteiger partial charge in [-0.15, -0.1) is 0 Å². The van der Waals surface area contributed by atoms with Crippen molar-refractivity contribution in [3.05, 3.63) is 103 Å². The van der Waals surface area contributed by atoms with E-state index >= 15 is 0 Å². The molecule has 212 valence electrons. The zero-order valence-electron chi connectivity index (χ0n) is 22.4. The van der Waals surface area contributed by atoms with Crippen molar-refractivity contribution >= 4 is 17.5 Å². The summed E-state index contributed by atoms with van der Waals surface area (Å²) in [5.74, 6) is 0.0674. The zero-order valence-corrected chi connectivity index (χ0v) is 22.4. The van der Waals surface area contributed by atoms with Crippen LogP contribution in [0.4, 0.5) is 16.0 Å². The SMILES string of the molecule is O=C(Nc1ccncc1)C1COC(Cc2nc(-c3ccc(F)cc3)c(-c3ccnc(NCc4ccncc4)n3)[nH]2)OC1. The Morgan fingerprint density at radius 2 is 1.62 bits per heavy atom. The first-order chi connectivity index (χ1) is 20.6. The molecule has 1 aliphatic heterocycles. The topological polar surface area (TPSA) is 140 Å². The van der Waals surface area contributed by atoms with Crippen molar-refractivity contribution < 1.29 is 18.7 Å². The second-order valence-corrected chi connectivity index (χ2v) is 9.61. The number of carbonyl (C=O) groups excluding carboxylic acids is 1. The maximum atomic E-state index is 13.7. The Morgan fingerprint density at radius 3 is 2.36 bits per heavy atom. The summed E-state index contributed by atoms with van der Waals surface area (Å²) in [5, 5.41) is 6.07. The lowest BCUT2D eigenvalue weighted by Crippen LogP contribution is -2.39. The minimum atomic E-state index is -0.599. The number of ether oxygens (including phenoxy) is 2. The molecule has 0 saturated carbocycles. The fourth-order valence-electron chi connectivity index (χ4n) is 4.44. The summed E-state index contributed by atoms with van der Waals surface area (Å²) < 4.78 is 25.5. The van der Waals surface area contributed by atoms with Crippen LogP contribution in [0.5, 0.6) is 0 Å². The number of nitrogens with one attached hydrogen (secondary N) is 3. The van der Waals surface area contributed by atoms with E-state index in [1.165, 1.54) is 12.1 Å². The third-order valence-corrected chi connectivity index (χ3v) is 6.63. The van der Waals surface area contributed by atoms with Crippen LogP contribution in [0.2, 0.25) is 0 Å². The Hall–Kier alpha value is -5.07. The summed E-state index contributed by atoms with van der Waals surface area (Å²) in [6.07, 6.45) is 8.05. The van der Waals surface area contributed by atoms with Crippen LogP contribution in [-0.4, -0.2) is 55.3 Å². The predicted molar refractivity (Wildman–Crippen MR) is 152 cm³/mol. The number of nitrogens with zero attached hydrogens (tertiary/aromatic N) is 5. The molecule has 1 saturated heterocycles. The number of amides is 1. The molecule has 0 atom stereocenters. The molecular formula is C30H27FN8O3. The number of anilines is 2. The predicted octanol–water partition coefficient (Wildman–Crippen LogP) is 4.25. The van der Waals surface area contributed by atoms with Gasteiger partial charge in [-0.1, -0.05) is 0 Å². The molecule has 5 aromatic rings. The molecule has 12 heteroatoms. The Labute approximate surface area is 240 Å². The Bertz CT molecular complexity index is 1630. The minimum Gasteiger partial charge on any atom is -0.351 e. The molecule has 0 aliphatic carbocycles. The van der Waals surface area contributed by atoms with Crippen LogP contribution >= 0.6 is 0 Å². The van der Waals surface area contributed by atoms with E-state index in [0.717, 1.165) is 11.1 Å². The lowest BCUT2D eigenvalue weighted by atomic mass is 10.1. The molecular weight excluding hydrogens is 539 g/mol. The molecule has 42 heavy (non-hydrogen) atoms. The quantitative estimate of drug-likeness (QED) is 0.239. The highest BCUT2D eigenvalue weighted by molar-refractivity contribution is 5.92. The number of aromatic nitrogens is 6. The summed E-state index contributed by atoms with van der Waals surface area (Å²) in [7, 11) is 0. The summed E-state index contributed by atoms with van der Waals surface area (Å²) in [6, 6.07) is 15.2. The van der Waals surface area contributed by atoms with E-state index < -0.39 is 12.2 Å². The summed E-state index contributed by atoms with van der Waals surface area (Å²) >= 11 is 0. The number of carbonyl (C=O) groups is 1. The van der Waals surface area contributed by atoms with Crippen molar-refractivity contribution in [3.8, 4) is 22.6 Å². The number of imidazole rings is 1. The second kappa shape index (κ2) is 12.6. The molecule has 1 fully saturated rings. The maximum Gasteiger partial charge on any atom is 0.232 e. The molecule has 1 amide bonds. The number of benzene rings is 1. The van der Waals surface area contributed by atoms with Crippen molar-refractivity contribution in [2.75, 3.05) is 23.8 Å². The van der Waals surface area contributed by atoms with Gasteiger partial charge in [0.25, 0.3) is 0 Å².